The Hall–Kier alpha value is -2.38. The highest BCUT2D eigenvalue weighted by atomic mass is 35.5. The predicted molar refractivity (Wildman–Crippen MR) is 96.7 cm³/mol. The van der Waals surface area contributed by atoms with E-state index in [1.165, 1.54) is 18.4 Å². The minimum atomic E-state index is -0.530. The Labute approximate surface area is 157 Å². The number of benzene rings is 1. The van der Waals surface area contributed by atoms with Crippen LogP contribution in [0.4, 0.5) is 4.39 Å². The van der Waals surface area contributed by atoms with E-state index in [0.29, 0.717) is 43.9 Å². The molecule has 26 heavy (non-hydrogen) atoms. The van der Waals surface area contributed by atoms with E-state index in [-0.39, 0.29) is 36.3 Å². The number of carbonyl (C=O) groups is 2. The molecule has 1 aromatic carbocycles. The van der Waals surface area contributed by atoms with Crippen LogP contribution in [-0.2, 0) is 6.54 Å². The molecular formula is C18H21ClFN3O3. The summed E-state index contributed by atoms with van der Waals surface area (Å²) in [4.78, 5) is 28.3. The lowest BCUT2D eigenvalue weighted by molar-refractivity contribution is 0.0715. The zero-order valence-corrected chi connectivity index (χ0v) is 15.0. The number of rotatable bonds is 3. The summed E-state index contributed by atoms with van der Waals surface area (Å²) in [7, 11) is 0. The van der Waals surface area contributed by atoms with E-state index in [1.54, 1.807) is 28.0 Å². The van der Waals surface area contributed by atoms with Crippen molar-refractivity contribution >= 4 is 24.2 Å². The average Bonchev–Trinajstić information content (AvgIpc) is 2.98. The summed E-state index contributed by atoms with van der Waals surface area (Å²) in [5.74, 6) is -0.475. The Morgan fingerprint density at radius 2 is 1.73 bits per heavy atom. The van der Waals surface area contributed by atoms with Crippen molar-refractivity contribution in [3.8, 4) is 0 Å². The van der Waals surface area contributed by atoms with Gasteiger partial charge in [-0.05, 0) is 24.6 Å². The third kappa shape index (κ3) is 4.23. The van der Waals surface area contributed by atoms with Crippen molar-refractivity contribution in [3.63, 3.8) is 0 Å². The molecule has 2 amide bonds. The lowest BCUT2D eigenvalue weighted by Crippen LogP contribution is -2.37. The van der Waals surface area contributed by atoms with Crippen molar-refractivity contribution in [1.29, 1.82) is 0 Å². The first-order valence-corrected chi connectivity index (χ1v) is 8.20. The van der Waals surface area contributed by atoms with Gasteiger partial charge in [0.15, 0.2) is 0 Å². The molecule has 140 valence electrons. The largest absolute Gasteiger partial charge is 0.467 e. The van der Waals surface area contributed by atoms with Gasteiger partial charge in [0, 0.05) is 26.2 Å². The topological polar surface area (TPSA) is 79.8 Å². The van der Waals surface area contributed by atoms with Gasteiger partial charge in [0.2, 0.25) is 0 Å². The molecule has 0 bridgehead atoms. The maximum Gasteiger partial charge on any atom is 0.257 e. The number of nitrogens with two attached hydrogens (primary N) is 1. The molecule has 8 heteroatoms. The molecule has 1 aromatic heterocycles. The molecule has 0 unspecified atom stereocenters. The van der Waals surface area contributed by atoms with Crippen molar-refractivity contribution in [2.24, 2.45) is 5.73 Å². The summed E-state index contributed by atoms with van der Waals surface area (Å²) >= 11 is 0. The molecule has 2 heterocycles. The normalized spacial score (nSPS) is 14.5. The fourth-order valence-corrected chi connectivity index (χ4v) is 2.91. The zero-order chi connectivity index (χ0) is 17.8. The van der Waals surface area contributed by atoms with E-state index >= 15 is 0 Å². The maximum atomic E-state index is 13.8. The van der Waals surface area contributed by atoms with Gasteiger partial charge in [0.25, 0.3) is 11.8 Å². The van der Waals surface area contributed by atoms with Crippen molar-refractivity contribution in [2.75, 3.05) is 26.2 Å². The van der Waals surface area contributed by atoms with Crippen LogP contribution in [0.25, 0.3) is 0 Å². The molecule has 3 rings (SSSR count). The van der Waals surface area contributed by atoms with Crippen molar-refractivity contribution < 1.29 is 18.4 Å². The molecule has 0 spiro atoms. The van der Waals surface area contributed by atoms with Gasteiger partial charge in [0.05, 0.1) is 17.7 Å². The molecule has 0 radical (unpaired) electrons. The zero-order valence-electron chi connectivity index (χ0n) is 14.2. The Kier molecular flexibility index (Phi) is 6.76. The Morgan fingerprint density at radius 1 is 1.08 bits per heavy atom. The number of amides is 2. The van der Waals surface area contributed by atoms with Crippen LogP contribution < -0.4 is 5.73 Å². The molecular weight excluding hydrogens is 361 g/mol. The van der Waals surface area contributed by atoms with Crippen LogP contribution in [0.5, 0.6) is 0 Å². The van der Waals surface area contributed by atoms with E-state index in [2.05, 4.69) is 0 Å². The Morgan fingerprint density at radius 3 is 2.35 bits per heavy atom. The van der Waals surface area contributed by atoms with Crippen LogP contribution in [0.2, 0.25) is 0 Å². The minimum absolute atomic E-state index is 0. The highest BCUT2D eigenvalue weighted by Gasteiger charge is 2.25. The second-order valence-corrected chi connectivity index (χ2v) is 5.92. The highest BCUT2D eigenvalue weighted by molar-refractivity contribution is 5.95. The molecule has 1 saturated heterocycles. The third-order valence-corrected chi connectivity index (χ3v) is 4.28. The summed E-state index contributed by atoms with van der Waals surface area (Å²) < 4.78 is 19.0. The van der Waals surface area contributed by atoms with Gasteiger partial charge in [-0.25, -0.2) is 4.39 Å². The smallest absolute Gasteiger partial charge is 0.257 e. The van der Waals surface area contributed by atoms with Crippen LogP contribution in [0, 0.1) is 5.82 Å². The first-order chi connectivity index (χ1) is 12.1. The van der Waals surface area contributed by atoms with E-state index < -0.39 is 5.82 Å². The quantitative estimate of drug-likeness (QED) is 0.884. The maximum absolute atomic E-state index is 13.8. The first-order valence-electron chi connectivity index (χ1n) is 8.20. The van der Waals surface area contributed by atoms with Crippen molar-refractivity contribution in [3.05, 3.63) is 59.3 Å². The van der Waals surface area contributed by atoms with Crippen molar-refractivity contribution in [2.45, 2.75) is 13.0 Å². The first kappa shape index (κ1) is 19.9. The molecule has 0 atom stereocenters. The van der Waals surface area contributed by atoms with E-state index in [9.17, 15) is 14.0 Å². The second-order valence-electron chi connectivity index (χ2n) is 5.92. The SMILES string of the molecule is Cl.NCc1cc(C(=O)N2CCCN(C(=O)c3ccccc3F)CC2)co1. The lowest BCUT2D eigenvalue weighted by Gasteiger charge is -2.22. The summed E-state index contributed by atoms with van der Waals surface area (Å²) in [6.45, 7) is 2.00. The fourth-order valence-electron chi connectivity index (χ4n) is 2.91. The van der Waals surface area contributed by atoms with Crippen LogP contribution >= 0.6 is 12.4 Å². The molecule has 6 nitrogen and oxygen atoms in total. The highest BCUT2D eigenvalue weighted by Crippen LogP contribution is 2.15. The lowest BCUT2D eigenvalue weighted by atomic mass is 10.2. The van der Waals surface area contributed by atoms with Gasteiger partial charge in [-0.15, -0.1) is 12.4 Å². The van der Waals surface area contributed by atoms with Crippen LogP contribution in [-0.4, -0.2) is 47.8 Å². The number of furan rings is 1. The molecule has 0 saturated carbocycles. The number of hydrogen-bond acceptors (Lipinski definition) is 4. The van der Waals surface area contributed by atoms with Crippen LogP contribution in [0.1, 0.15) is 32.9 Å². The molecule has 1 fully saturated rings. The Balaban J connectivity index is 0.00000243. The predicted octanol–water partition coefficient (Wildman–Crippen LogP) is 2.29. The van der Waals surface area contributed by atoms with Crippen LogP contribution in [0.15, 0.2) is 41.0 Å². The Bertz CT molecular complexity index is 781. The van der Waals surface area contributed by atoms with Gasteiger partial charge in [0.1, 0.15) is 17.8 Å². The summed E-state index contributed by atoms with van der Waals surface area (Å²) in [6.07, 6.45) is 2.03. The van der Waals surface area contributed by atoms with E-state index in [1.807, 2.05) is 0 Å². The van der Waals surface area contributed by atoms with E-state index in [0.717, 1.165) is 0 Å². The van der Waals surface area contributed by atoms with Gasteiger partial charge >= 0.3 is 0 Å². The standard InChI is InChI=1S/C18H20FN3O3.ClH/c19-16-5-2-1-4-15(16)18(24)22-7-3-6-21(8-9-22)17(23)13-10-14(11-20)25-12-13;/h1-2,4-5,10,12H,3,6-9,11,20H2;1H. The molecule has 1 aliphatic rings. The average molecular weight is 382 g/mol. The van der Waals surface area contributed by atoms with E-state index in [4.69, 9.17) is 10.2 Å². The number of carbonyl (C=O) groups excluding carboxylic acids is 2. The molecule has 2 N–H and O–H groups in total. The van der Waals surface area contributed by atoms with Gasteiger partial charge in [-0.1, -0.05) is 12.1 Å². The van der Waals surface area contributed by atoms with Gasteiger partial charge < -0.3 is 20.0 Å². The van der Waals surface area contributed by atoms with Gasteiger partial charge in [-0.2, -0.15) is 0 Å². The summed E-state index contributed by atoms with van der Waals surface area (Å²) in [5.41, 5.74) is 6.01. The molecule has 0 aliphatic carbocycles. The minimum Gasteiger partial charge on any atom is -0.467 e. The number of hydrogen-bond donors (Lipinski definition) is 1. The van der Waals surface area contributed by atoms with Crippen molar-refractivity contribution in [1.82, 2.24) is 9.80 Å². The fraction of sp³-hybridized carbons (Fsp3) is 0.333. The number of halogens is 2. The molecule has 2 aromatic rings. The van der Waals surface area contributed by atoms with Crippen LogP contribution in [0.3, 0.4) is 0 Å². The van der Waals surface area contributed by atoms with Gasteiger partial charge in [-0.3, -0.25) is 9.59 Å². The second kappa shape index (κ2) is 8.82. The third-order valence-electron chi connectivity index (χ3n) is 4.28. The number of nitrogens with zero attached hydrogens (tertiary/aromatic N) is 2. The molecule has 1 aliphatic heterocycles. The monoisotopic (exact) mass is 381 g/mol. The summed E-state index contributed by atoms with van der Waals surface area (Å²) in [6, 6.07) is 7.57. The summed E-state index contributed by atoms with van der Waals surface area (Å²) in [5, 5.41) is 0.